The second-order valence-electron chi connectivity index (χ2n) is 4.05. The number of rotatable bonds is 4. The molecule has 2 N–H and O–H groups in total. The van der Waals surface area contributed by atoms with Gasteiger partial charge in [-0.1, -0.05) is 0 Å². The highest BCUT2D eigenvalue weighted by Gasteiger charge is 2.27. The van der Waals surface area contributed by atoms with Crippen LogP contribution < -0.4 is 5.32 Å². The Labute approximate surface area is 116 Å². The Balaban J connectivity index is 2.38. The van der Waals surface area contributed by atoms with Crippen molar-refractivity contribution >= 4 is 23.3 Å². The first-order valence-corrected chi connectivity index (χ1v) is 5.56. The van der Waals surface area contributed by atoms with Crippen LogP contribution in [0, 0.1) is 10.1 Å². The number of hydrogen-bond donors (Lipinski definition) is 2. The zero-order valence-electron chi connectivity index (χ0n) is 11.0. The van der Waals surface area contributed by atoms with Gasteiger partial charge in [-0.25, -0.2) is 4.79 Å². The number of nitrogens with one attached hydrogen (secondary N) is 1. The van der Waals surface area contributed by atoms with Gasteiger partial charge in [-0.05, 0) is 0 Å². The van der Waals surface area contributed by atoms with Crippen molar-refractivity contribution in [3.8, 4) is 0 Å². The molecule has 2 aromatic heterocycles. The molecule has 2 heterocycles. The fourth-order valence-electron chi connectivity index (χ4n) is 1.79. The van der Waals surface area contributed by atoms with Crippen LogP contribution in [-0.2, 0) is 14.1 Å². The van der Waals surface area contributed by atoms with Gasteiger partial charge in [0.05, 0.1) is 16.8 Å². The standard InChI is InChI=1S/C10H10N6O5/c1-14-7(10(18)19)5(3-11-14)13-9(17)8-6(16(20)21)4-12-15(8)2/h3-4H,1-2H3,(H,13,17)(H,18,19). The Morgan fingerprint density at radius 2 is 1.81 bits per heavy atom. The van der Waals surface area contributed by atoms with Gasteiger partial charge in [0.25, 0.3) is 5.91 Å². The number of carbonyl (C=O) groups excluding carboxylic acids is 1. The van der Waals surface area contributed by atoms with Gasteiger partial charge >= 0.3 is 11.7 Å². The van der Waals surface area contributed by atoms with Gasteiger partial charge in [0.2, 0.25) is 5.69 Å². The van der Waals surface area contributed by atoms with Crippen LogP contribution in [0.1, 0.15) is 21.0 Å². The molecule has 0 saturated heterocycles. The highest BCUT2D eigenvalue weighted by molar-refractivity contribution is 6.08. The second-order valence-corrected chi connectivity index (χ2v) is 4.05. The molecule has 0 fully saturated rings. The van der Waals surface area contributed by atoms with Crippen LogP contribution in [0.25, 0.3) is 0 Å². The summed E-state index contributed by atoms with van der Waals surface area (Å²) in [5.74, 6) is -2.14. The van der Waals surface area contributed by atoms with Crippen LogP contribution in [0.4, 0.5) is 11.4 Å². The number of nitrogens with zero attached hydrogens (tertiary/aromatic N) is 5. The molecule has 21 heavy (non-hydrogen) atoms. The molecule has 0 aliphatic rings. The topological polar surface area (TPSA) is 145 Å². The van der Waals surface area contributed by atoms with Crippen molar-refractivity contribution in [1.29, 1.82) is 0 Å². The third-order valence-corrected chi connectivity index (χ3v) is 2.72. The lowest BCUT2D eigenvalue weighted by Gasteiger charge is -2.04. The minimum atomic E-state index is -1.29. The number of aromatic carboxylic acids is 1. The molecule has 11 nitrogen and oxygen atoms in total. The van der Waals surface area contributed by atoms with Crippen molar-refractivity contribution in [3.63, 3.8) is 0 Å². The highest BCUT2D eigenvalue weighted by atomic mass is 16.6. The third-order valence-electron chi connectivity index (χ3n) is 2.72. The Hall–Kier alpha value is -3.24. The van der Waals surface area contributed by atoms with Crippen LogP contribution in [0.2, 0.25) is 0 Å². The lowest BCUT2D eigenvalue weighted by Crippen LogP contribution is -2.19. The number of carboxylic acids is 1. The normalized spacial score (nSPS) is 10.4. The molecule has 0 saturated carbocycles. The fourth-order valence-corrected chi connectivity index (χ4v) is 1.79. The smallest absolute Gasteiger partial charge is 0.356 e. The summed E-state index contributed by atoms with van der Waals surface area (Å²) in [6.45, 7) is 0. The van der Waals surface area contributed by atoms with Gasteiger partial charge in [-0.3, -0.25) is 24.3 Å². The van der Waals surface area contributed by atoms with Crippen LogP contribution in [0.5, 0.6) is 0 Å². The van der Waals surface area contributed by atoms with E-state index in [1.165, 1.54) is 14.1 Å². The van der Waals surface area contributed by atoms with Gasteiger partial charge in [0.15, 0.2) is 5.69 Å². The summed E-state index contributed by atoms with van der Waals surface area (Å²) in [6, 6.07) is 0. The Morgan fingerprint density at radius 3 is 2.38 bits per heavy atom. The zero-order valence-corrected chi connectivity index (χ0v) is 11.0. The van der Waals surface area contributed by atoms with E-state index in [1.54, 1.807) is 0 Å². The van der Waals surface area contributed by atoms with E-state index in [4.69, 9.17) is 5.11 Å². The maximum Gasteiger partial charge on any atom is 0.356 e. The number of aryl methyl sites for hydroxylation is 2. The first kappa shape index (κ1) is 14.2. The lowest BCUT2D eigenvalue weighted by atomic mass is 10.3. The van der Waals surface area contributed by atoms with Gasteiger partial charge in [0.1, 0.15) is 6.20 Å². The summed E-state index contributed by atoms with van der Waals surface area (Å²) in [5, 5.41) is 29.5. The predicted molar refractivity (Wildman–Crippen MR) is 68.0 cm³/mol. The quantitative estimate of drug-likeness (QED) is 0.596. The largest absolute Gasteiger partial charge is 0.476 e. The third kappa shape index (κ3) is 2.43. The number of carbonyl (C=O) groups is 2. The number of carboxylic acid groups (broad SMARTS) is 1. The highest BCUT2D eigenvalue weighted by Crippen LogP contribution is 2.20. The number of hydrogen-bond acceptors (Lipinski definition) is 6. The van der Waals surface area contributed by atoms with Crippen molar-refractivity contribution in [1.82, 2.24) is 19.6 Å². The first-order valence-electron chi connectivity index (χ1n) is 5.56. The summed E-state index contributed by atoms with van der Waals surface area (Å²) < 4.78 is 2.10. The lowest BCUT2D eigenvalue weighted by molar-refractivity contribution is -0.385. The van der Waals surface area contributed by atoms with Gasteiger partial charge in [-0.2, -0.15) is 10.2 Å². The van der Waals surface area contributed by atoms with Crippen LogP contribution in [0.3, 0.4) is 0 Å². The molecule has 2 rings (SSSR count). The number of amides is 1. The number of anilines is 1. The second kappa shape index (κ2) is 5.03. The predicted octanol–water partition coefficient (Wildman–Crippen LogP) is 0.0123. The van der Waals surface area contributed by atoms with Gasteiger partial charge in [0, 0.05) is 14.1 Å². The molecule has 0 aromatic carbocycles. The molecule has 0 aliphatic carbocycles. The Bertz CT molecular complexity index is 745. The maximum atomic E-state index is 12.1. The van der Waals surface area contributed by atoms with Crippen molar-refractivity contribution < 1.29 is 19.6 Å². The molecule has 0 bridgehead atoms. The van der Waals surface area contributed by atoms with Crippen LogP contribution in [0.15, 0.2) is 12.4 Å². The first-order chi connectivity index (χ1) is 9.82. The van der Waals surface area contributed by atoms with E-state index in [0.29, 0.717) is 0 Å². The fraction of sp³-hybridized carbons (Fsp3) is 0.200. The summed E-state index contributed by atoms with van der Waals surface area (Å²) >= 11 is 0. The molecule has 1 amide bonds. The summed E-state index contributed by atoms with van der Waals surface area (Å²) in [5.41, 5.74) is -1.07. The molecule has 11 heteroatoms. The zero-order chi connectivity index (χ0) is 15.7. The average molecular weight is 294 g/mol. The van der Waals surface area contributed by atoms with E-state index in [1.807, 2.05) is 0 Å². The molecule has 2 aromatic rings. The molecule has 0 unspecified atom stereocenters. The van der Waals surface area contributed by atoms with Crippen molar-refractivity contribution in [2.24, 2.45) is 14.1 Å². The van der Waals surface area contributed by atoms with E-state index in [-0.39, 0.29) is 17.1 Å². The molecule has 0 atom stereocenters. The van der Waals surface area contributed by atoms with Crippen LogP contribution in [-0.4, -0.2) is 41.5 Å². The average Bonchev–Trinajstić information content (AvgIpc) is 2.92. The molecule has 0 aliphatic heterocycles. The summed E-state index contributed by atoms with van der Waals surface area (Å²) in [6.07, 6.45) is 2.08. The monoisotopic (exact) mass is 294 g/mol. The van der Waals surface area contributed by atoms with Gasteiger partial charge in [-0.15, -0.1) is 0 Å². The Kier molecular flexibility index (Phi) is 3.40. The van der Waals surface area contributed by atoms with E-state index in [9.17, 15) is 19.7 Å². The molecular weight excluding hydrogens is 284 g/mol. The van der Waals surface area contributed by atoms with E-state index in [2.05, 4.69) is 15.5 Å². The van der Waals surface area contributed by atoms with Gasteiger partial charge < -0.3 is 10.4 Å². The summed E-state index contributed by atoms with van der Waals surface area (Å²) in [4.78, 5) is 33.3. The van der Waals surface area contributed by atoms with Crippen LogP contribution >= 0.6 is 0 Å². The van der Waals surface area contributed by atoms with Crippen molar-refractivity contribution in [3.05, 3.63) is 33.9 Å². The Morgan fingerprint density at radius 1 is 1.24 bits per heavy atom. The number of aromatic nitrogens is 4. The molecular formula is C10H10N6O5. The minimum Gasteiger partial charge on any atom is -0.476 e. The minimum absolute atomic E-state index is 0.0644. The van der Waals surface area contributed by atoms with E-state index in [0.717, 1.165) is 21.8 Å². The van der Waals surface area contributed by atoms with Crippen molar-refractivity contribution in [2.45, 2.75) is 0 Å². The molecule has 110 valence electrons. The van der Waals surface area contributed by atoms with Crippen molar-refractivity contribution in [2.75, 3.05) is 5.32 Å². The molecule has 0 radical (unpaired) electrons. The van der Waals surface area contributed by atoms with E-state index >= 15 is 0 Å². The maximum absolute atomic E-state index is 12.1. The SMILES string of the molecule is Cn1ncc(NC(=O)c2c([N+](=O)[O-])cnn2C)c1C(=O)O. The van der Waals surface area contributed by atoms with E-state index < -0.39 is 22.5 Å². The summed E-state index contributed by atoms with van der Waals surface area (Å²) in [7, 11) is 2.76. The number of nitro groups is 1. The molecule has 0 spiro atoms.